The summed E-state index contributed by atoms with van der Waals surface area (Å²) in [7, 11) is 1.98. The van der Waals surface area contributed by atoms with Gasteiger partial charge < -0.3 is 14.3 Å². The topological polar surface area (TPSA) is 73.0 Å². The van der Waals surface area contributed by atoms with Crippen molar-refractivity contribution in [2.45, 2.75) is 17.0 Å². The molecule has 0 unspecified atom stereocenters. The van der Waals surface area contributed by atoms with Gasteiger partial charge in [0.05, 0.1) is 5.69 Å². The molecular weight excluding hydrogens is 416 g/mol. The Labute approximate surface area is 180 Å². The van der Waals surface area contributed by atoms with Gasteiger partial charge in [0.15, 0.2) is 10.1 Å². The van der Waals surface area contributed by atoms with Crippen molar-refractivity contribution in [3.63, 3.8) is 0 Å². The summed E-state index contributed by atoms with van der Waals surface area (Å²) in [6.45, 7) is 1.93. The predicted molar refractivity (Wildman–Crippen MR) is 121 cm³/mol. The van der Waals surface area contributed by atoms with Crippen LogP contribution in [-0.2, 0) is 12.8 Å². The lowest BCUT2D eigenvalue weighted by Gasteiger charge is -2.07. The van der Waals surface area contributed by atoms with Gasteiger partial charge in [0.2, 0.25) is 0 Å². The van der Waals surface area contributed by atoms with Crippen molar-refractivity contribution in [3.05, 3.63) is 71.1 Å². The number of rotatable bonds is 5. The van der Waals surface area contributed by atoms with E-state index in [9.17, 15) is 4.79 Å². The van der Waals surface area contributed by atoms with E-state index in [1.54, 1.807) is 23.1 Å². The van der Waals surface area contributed by atoms with E-state index < -0.39 is 0 Å². The number of aromatic nitrogens is 3. The Morgan fingerprint density at radius 3 is 2.83 bits per heavy atom. The molecule has 0 aliphatic heterocycles. The van der Waals surface area contributed by atoms with E-state index in [0.717, 1.165) is 36.9 Å². The number of nitrogens with zero attached hydrogens (tertiary/aromatic N) is 3. The van der Waals surface area contributed by atoms with E-state index in [1.807, 2.05) is 73.3 Å². The number of anilines is 1. The molecule has 1 N–H and O–H groups in total. The van der Waals surface area contributed by atoms with Gasteiger partial charge in [-0.1, -0.05) is 47.4 Å². The first-order chi connectivity index (χ1) is 14.6. The molecule has 5 rings (SSSR count). The van der Waals surface area contributed by atoms with Crippen molar-refractivity contribution in [3.8, 4) is 0 Å². The van der Waals surface area contributed by atoms with Gasteiger partial charge in [-0.15, -0.1) is 10.2 Å². The Bertz CT molecular complexity index is 1380. The van der Waals surface area contributed by atoms with Crippen molar-refractivity contribution >= 4 is 56.6 Å². The number of thioether (sulfide) groups is 1. The quantitative estimate of drug-likeness (QED) is 0.363. The molecule has 0 atom stereocenters. The zero-order valence-corrected chi connectivity index (χ0v) is 18.0. The van der Waals surface area contributed by atoms with Crippen LogP contribution < -0.4 is 5.32 Å². The molecular formula is C22H18N4O2S2. The van der Waals surface area contributed by atoms with E-state index in [2.05, 4.69) is 15.5 Å². The molecule has 0 bridgehead atoms. The smallest absolute Gasteiger partial charge is 0.291 e. The first-order valence-corrected chi connectivity index (χ1v) is 11.2. The van der Waals surface area contributed by atoms with Crippen LogP contribution in [0.5, 0.6) is 0 Å². The highest BCUT2D eigenvalue weighted by atomic mass is 32.2. The number of carbonyl (C=O) groups is 1. The van der Waals surface area contributed by atoms with Crippen molar-refractivity contribution in [2.24, 2.45) is 7.05 Å². The number of hydrogen-bond acceptors (Lipinski definition) is 6. The zero-order chi connectivity index (χ0) is 20.7. The summed E-state index contributed by atoms with van der Waals surface area (Å²) < 4.78 is 8.88. The molecule has 0 saturated heterocycles. The molecule has 0 saturated carbocycles. The minimum Gasteiger partial charge on any atom is -0.451 e. The van der Waals surface area contributed by atoms with Gasteiger partial charge in [-0.3, -0.25) is 4.79 Å². The van der Waals surface area contributed by atoms with Crippen LogP contribution >= 0.6 is 23.1 Å². The molecule has 0 aliphatic rings. The van der Waals surface area contributed by atoms with Gasteiger partial charge in [0.1, 0.15) is 10.6 Å². The van der Waals surface area contributed by atoms with E-state index >= 15 is 0 Å². The van der Waals surface area contributed by atoms with Crippen molar-refractivity contribution < 1.29 is 9.21 Å². The Morgan fingerprint density at radius 1 is 1.13 bits per heavy atom. The van der Waals surface area contributed by atoms with Crippen molar-refractivity contribution in [2.75, 3.05) is 5.32 Å². The van der Waals surface area contributed by atoms with Crippen LogP contribution in [0.4, 0.5) is 5.69 Å². The lowest BCUT2D eigenvalue weighted by atomic mass is 10.1. The largest absolute Gasteiger partial charge is 0.451 e. The van der Waals surface area contributed by atoms with Crippen molar-refractivity contribution in [1.82, 2.24) is 14.8 Å². The SMILES string of the molecule is Cc1nnc(SCc2c(C(=O)Nc3cccc4c3ccn4C)oc3ccccc23)s1. The van der Waals surface area contributed by atoms with Gasteiger partial charge in [0.25, 0.3) is 5.91 Å². The van der Waals surface area contributed by atoms with E-state index in [0.29, 0.717) is 17.1 Å². The summed E-state index contributed by atoms with van der Waals surface area (Å²) in [6.07, 6.45) is 1.98. The second-order valence-electron chi connectivity index (χ2n) is 6.90. The van der Waals surface area contributed by atoms with Crippen LogP contribution in [0, 0.1) is 6.92 Å². The Hall–Kier alpha value is -3.10. The summed E-state index contributed by atoms with van der Waals surface area (Å²) in [5.74, 6) is 0.647. The molecule has 5 aromatic rings. The number of benzene rings is 2. The maximum Gasteiger partial charge on any atom is 0.291 e. The van der Waals surface area contributed by atoms with Crippen molar-refractivity contribution in [1.29, 1.82) is 0 Å². The molecule has 0 fully saturated rings. The van der Waals surface area contributed by atoms with E-state index in [4.69, 9.17) is 4.42 Å². The summed E-state index contributed by atoms with van der Waals surface area (Å²) in [5, 5.41) is 14.1. The number of furan rings is 1. The second kappa shape index (κ2) is 7.62. The third kappa shape index (κ3) is 3.38. The summed E-state index contributed by atoms with van der Waals surface area (Å²) in [6, 6.07) is 15.6. The molecule has 8 heteroatoms. The maximum absolute atomic E-state index is 13.2. The van der Waals surface area contributed by atoms with E-state index in [1.165, 1.54) is 0 Å². The third-order valence-electron chi connectivity index (χ3n) is 4.93. The zero-order valence-electron chi connectivity index (χ0n) is 16.4. The molecule has 1 amide bonds. The standard InChI is InChI=1S/C22H18N4O2S2/c1-13-24-25-22(30-13)29-12-16-14-6-3-4-9-19(14)28-20(16)21(27)23-17-7-5-8-18-15(17)10-11-26(18)2/h3-11H,12H2,1-2H3,(H,23,27). The number of fused-ring (bicyclic) bond motifs is 2. The number of hydrogen-bond donors (Lipinski definition) is 1. The fourth-order valence-corrected chi connectivity index (χ4v) is 5.33. The van der Waals surface area contributed by atoms with Crippen LogP contribution in [-0.4, -0.2) is 20.7 Å². The van der Waals surface area contributed by atoms with Gasteiger partial charge in [-0.05, 0) is 31.2 Å². The average molecular weight is 435 g/mol. The molecule has 3 heterocycles. The molecule has 2 aromatic carbocycles. The highest BCUT2D eigenvalue weighted by Crippen LogP contribution is 2.34. The summed E-state index contributed by atoms with van der Waals surface area (Å²) in [4.78, 5) is 13.2. The van der Waals surface area contributed by atoms with Crippen LogP contribution in [0.1, 0.15) is 21.1 Å². The predicted octanol–water partition coefficient (Wildman–Crippen LogP) is 5.63. The lowest BCUT2D eigenvalue weighted by Crippen LogP contribution is -2.13. The molecule has 6 nitrogen and oxygen atoms in total. The minimum absolute atomic E-state index is 0.258. The molecule has 30 heavy (non-hydrogen) atoms. The molecule has 3 aromatic heterocycles. The fraction of sp³-hybridized carbons (Fsp3) is 0.136. The number of aryl methyl sites for hydroxylation is 2. The summed E-state index contributed by atoms with van der Waals surface area (Å²) in [5.41, 5.74) is 3.38. The van der Waals surface area contributed by atoms with Gasteiger partial charge in [-0.2, -0.15) is 0 Å². The number of amides is 1. The summed E-state index contributed by atoms with van der Waals surface area (Å²) >= 11 is 3.10. The molecule has 0 aliphatic carbocycles. The Balaban J connectivity index is 1.50. The van der Waals surface area contributed by atoms with Crippen LogP contribution in [0.2, 0.25) is 0 Å². The van der Waals surface area contributed by atoms with Crippen LogP contribution in [0.25, 0.3) is 21.9 Å². The number of para-hydroxylation sites is 1. The first-order valence-electron chi connectivity index (χ1n) is 9.39. The fourth-order valence-electron chi connectivity index (χ4n) is 3.49. The van der Waals surface area contributed by atoms with Gasteiger partial charge in [0, 0.05) is 40.8 Å². The normalized spacial score (nSPS) is 11.4. The van der Waals surface area contributed by atoms with Crippen LogP contribution in [0.3, 0.4) is 0 Å². The number of carbonyl (C=O) groups excluding carboxylic acids is 1. The molecule has 150 valence electrons. The Kier molecular flexibility index (Phi) is 4.80. The highest BCUT2D eigenvalue weighted by Gasteiger charge is 2.22. The highest BCUT2D eigenvalue weighted by molar-refractivity contribution is 8.00. The maximum atomic E-state index is 13.2. The van der Waals surface area contributed by atoms with E-state index in [-0.39, 0.29) is 5.91 Å². The monoisotopic (exact) mass is 434 g/mol. The van der Waals surface area contributed by atoms with Gasteiger partial charge in [-0.25, -0.2) is 0 Å². The van der Waals surface area contributed by atoms with Crippen LogP contribution in [0.15, 0.2) is 63.5 Å². The first kappa shape index (κ1) is 18.9. The second-order valence-corrected chi connectivity index (χ2v) is 9.30. The molecule has 0 radical (unpaired) electrons. The number of nitrogens with one attached hydrogen (secondary N) is 1. The molecule has 0 spiro atoms. The average Bonchev–Trinajstić information content (AvgIpc) is 3.44. The third-order valence-corrected chi connectivity index (χ3v) is 6.93. The van der Waals surface area contributed by atoms with Gasteiger partial charge >= 0.3 is 0 Å². The minimum atomic E-state index is -0.258. The Morgan fingerprint density at radius 2 is 2.00 bits per heavy atom. The lowest BCUT2D eigenvalue weighted by molar-refractivity contribution is 0.0998.